The number of amides is 1. The molecule has 0 bridgehead atoms. The van der Waals surface area contributed by atoms with Gasteiger partial charge in [0.05, 0.1) is 11.4 Å². The summed E-state index contributed by atoms with van der Waals surface area (Å²) in [5.41, 5.74) is 6.89. The van der Waals surface area contributed by atoms with Crippen molar-refractivity contribution in [2.75, 3.05) is 24.3 Å². The van der Waals surface area contributed by atoms with Crippen molar-refractivity contribution in [2.45, 2.75) is 27.2 Å². The predicted octanol–water partition coefficient (Wildman–Crippen LogP) is 2.41. The molecule has 2 rings (SSSR count). The van der Waals surface area contributed by atoms with E-state index >= 15 is 0 Å². The smallest absolute Gasteiger partial charge is 0.224 e. The molecule has 0 aromatic heterocycles. The highest BCUT2D eigenvalue weighted by Gasteiger charge is 2.19. The van der Waals surface area contributed by atoms with Crippen molar-refractivity contribution < 1.29 is 14.3 Å². The SMILES string of the molecule is CC(C)(C)CC(=O)Nc1cc2c(cc1N)OCCO2. The van der Waals surface area contributed by atoms with Crippen LogP contribution < -0.4 is 20.5 Å². The third-order valence-electron chi connectivity index (χ3n) is 2.68. The van der Waals surface area contributed by atoms with E-state index in [0.717, 1.165) is 0 Å². The molecule has 104 valence electrons. The molecule has 0 fully saturated rings. The second-order valence-corrected chi connectivity index (χ2v) is 5.87. The summed E-state index contributed by atoms with van der Waals surface area (Å²) in [6, 6.07) is 3.39. The van der Waals surface area contributed by atoms with Crippen LogP contribution in [0, 0.1) is 5.41 Å². The van der Waals surface area contributed by atoms with E-state index in [4.69, 9.17) is 15.2 Å². The molecular formula is C14H20N2O3. The number of hydrogen-bond acceptors (Lipinski definition) is 4. The second-order valence-electron chi connectivity index (χ2n) is 5.87. The topological polar surface area (TPSA) is 73.6 Å². The highest BCUT2D eigenvalue weighted by Crippen LogP contribution is 2.37. The fourth-order valence-corrected chi connectivity index (χ4v) is 1.89. The molecule has 1 amide bonds. The van der Waals surface area contributed by atoms with E-state index in [1.165, 1.54) is 0 Å². The Morgan fingerprint density at radius 2 is 1.84 bits per heavy atom. The molecule has 1 aliphatic heterocycles. The minimum absolute atomic E-state index is 0.0594. The lowest BCUT2D eigenvalue weighted by Crippen LogP contribution is -2.21. The Hall–Kier alpha value is -1.91. The number of anilines is 2. The first-order valence-electron chi connectivity index (χ1n) is 6.34. The normalized spacial score (nSPS) is 14.1. The average Bonchev–Trinajstić information content (AvgIpc) is 2.27. The summed E-state index contributed by atoms with van der Waals surface area (Å²) in [7, 11) is 0. The Balaban J connectivity index is 2.14. The van der Waals surface area contributed by atoms with Crippen molar-refractivity contribution in [3.63, 3.8) is 0 Å². The zero-order valence-corrected chi connectivity index (χ0v) is 11.6. The van der Waals surface area contributed by atoms with Gasteiger partial charge >= 0.3 is 0 Å². The van der Waals surface area contributed by atoms with Crippen LogP contribution in [0.25, 0.3) is 0 Å². The molecule has 0 radical (unpaired) electrons. The van der Waals surface area contributed by atoms with Gasteiger partial charge in [-0.25, -0.2) is 0 Å². The third-order valence-corrected chi connectivity index (χ3v) is 2.68. The van der Waals surface area contributed by atoms with Crippen LogP contribution in [-0.2, 0) is 4.79 Å². The quantitative estimate of drug-likeness (QED) is 0.804. The largest absolute Gasteiger partial charge is 0.486 e. The summed E-state index contributed by atoms with van der Waals surface area (Å²) < 4.78 is 10.9. The Morgan fingerprint density at radius 3 is 2.42 bits per heavy atom. The molecule has 1 aromatic carbocycles. The first-order chi connectivity index (χ1) is 8.85. The van der Waals surface area contributed by atoms with Gasteiger partial charge in [0, 0.05) is 18.6 Å². The van der Waals surface area contributed by atoms with Gasteiger partial charge in [0.15, 0.2) is 11.5 Å². The number of carbonyl (C=O) groups excluding carboxylic acids is 1. The van der Waals surface area contributed by atoms with Gasteiger partial charge in [-0.1, -0.05) is 20.8 Å². The summed E-state index contributed by atoms with van der Waals surface area (Å²) in [6.45, 7) is 7.06. The maximum Gasteiger partial charge on any atom is 0.224 e. The van der Waals surface area contributed by atoms with Crippen molar-refractivity contribution in [3.8, 4) is 11.5 Å². The Morgan fingerprint density at radius 1 is 1.26 bits per heavy atom. The Kier molecular flexibility index (Phi) is 3.55. The lowest BCUT2D eigenvalue weighted by atomic mass is 9.92. The summed E-state index contributed by atoms with van der Waals surface area (Å²) in [5.74, 6) is 1.18. The van der Waals surface area contributed by atoms with Crippen LogP contribution in [0.4, 0.5) is 11.4 Å². The standard InChI is InChI=1S/C14H20N2O3/c1-14(2,3)8-13(17)16-10-7-12-11(6-9(10)15)18-4-5-19-12/h6-7H,4-5,8,15H2,1-3H3,(H,16,17). The third kappa shape index (κ3) is 3.53. The molecular weight excluding hydrogens is 244 g/mol. The average molecular weight is 264 g/mol. The highest BCUT2D eigenvalue weighted by atomic mass is 16.6. The van der Waals surface area contributed by atoms with Crippen LogP contribution in [-0.4, -0.2) is 19.1 Å². The molecule has 5 heteroatoms. The molecule has 0 atom stereocenters. The number of nitrogens with one attached hydrogen (secondary N) is 1. The number of rotatable bonds is 2. The predicted molar refractivity (Wildman–Crippen MR) is 74.5 cm³/mol. The van der Waals surface area contributed by atoms with E-state index in [0.29, 0.717) is 42.5 Å². The molecule has 0 spiro atoms. The maximum absolute atomic E-state index is 11.9. The lowest BCUT2D eigenvalue weighted by molar-refractivity contribution is -0.117. The number of hydrogen-bond donors (Lipinski definition) is 2. The van der Waals surface area contributed by atoms with Crippen molar-refractivity contribution in [1.29, 1.82) is 0 Å². The molecule has 0 saturated carbocycles. The number of nitrogen functional groups attached to an aromatic ring is 1. The van der Waals surface area contributed by atoms with Crippen LogP contribution in [0.3, 0.4) is 0 Å². The van der Waals surface area contributed by atoms with E-state index in [-0.39, 0.29) is 11.3 Å². The monoisotopic (exact) mass is 264 g/mol. The van der Waals surface area contributed by atoms with Crippen molar-refractivity contribution in [3.05, 3.63) is 12.1 Å². The number of carbonyl (C=O) groups is 1. The van der Waals surface area contributed by atoms with Crippen LogP contribution in [0.2, 0.25) is 0 Å². The van der Waals surface area contributed by atoms with E-state index in [1.807, 2.05) is 20.8 Å². The van der Waals surface area contributed by atoms with Crippen LogP contribution in [0.15, 0.2) is 12.1 Å². The minimum Gasteiger partial charge on any atom is -0.486 e. The molecule has 1 heterocycles. The van der Waals surface area contributed by atoms with Crippen molar-refractivity contribution in [1.82, 2.24) is 0 Å². The first kappa shape index (κ1) is 13.5. The van der Waals surface area contributed by atoms with E-state index in [9.17, 15) is 4.79 Å². The summed E-state index contributed by atoms with van der Waals surface area (Å²) in [6.07, 6.45) is 0.431. The minimum atomic E-state index is -0.0628. The van der Waals surface area contributed by atoms with E-state index < -0.39 is 0 Å². The Labute approximate surface area is 113 Å². The van der Waals surface area contributed by atoms with Gasteiger partial charge < -0.3 is 20.5 Å². The molecule has 0 saturated heterocycles. The van der Waals surface area contributed by atoms with Gasteiger partial charge in [0.2, 0.25) is 5.91 Å². The first-order valence-corrected chi connectivity index (χ1v) is 6.34. The van der Waals surface area contributed by atoms with Gasteiger partial charge in [-0.2, -0.15) is 0 Å². The van der Waals surface area contributed by atoms with Crippen molar-refractivity contribution >= 4 is 17.3 Å². The lowest BCUT2D eigenvalue weighted by Gasteiger charge is -2.21. The van der Waals surface area contributed by atoms with E-state index in [2.05, 4.69) is 5.32 Å². The van der Waals surface area contributed by atoms with Gasteiger partial charge in [-0.05, 0) is 5.41 Å². The van der Waals surface area contributed by atoms with Crippen LogP contribution in [0.1, 0.15) is 27.2 Å². The fourth-order valence-electron chi connectivity index (χ4n) is 1.89. The molecule has 5 nitrogen and oxygen atoms in total. The van der Waals surface area contributed by atoms with Crippen molar-refractivity contribution in [2.24, 2.45) is 5.41 Å². The second kappa shape index (κ2) is 4.99. The number of fused-ring (bicyclic) bond motifs is 1. The summed E-state index contributed by atoms with van der Waals surface area (Å²) >= 11 is 0. The van der Waals surface area contributed by atoms with Gasteiger partial charge in [0.1, 0.15) is 13.2 Å². The van der Waals surface area contributed by atoms with Crippen LogP contribution in [0.5, 0.6) is 11.5 Å². The van der Waals surface area contributed by atoms with Gasteiger partial charge in [-0.15, -0.1) is 0 Å². The molecule has 0 aliphatic carbocycles. The zero-order valence-electron chi connectivity index (χ0n) is 11.6. The van der Waals surface area contributed by atoms with Gasteiger partial charge in [-0.3, -0.25) is 4.79 Å². The molecule has 3 N–H and O–H groups in total. The maximum atomic E-state index is 11.9. The number of benzene rings is 1. The molecule has 1 aromatic rings. The zero-order chi connectivity index (χ0) is 14.0. The summed E-state index contributed by atoms with van der Waals surface area (Å²) in [5, 5.41) is 2.82. The van der Waals surface area contributed by atoms with Crippen LogP contribution >= 0.6 is 0 Å². The highest BCUT2D eigenvalue weighted by molar-refractivity contribution is 5.94. The molecule has 19 heavy (non-hydrogen) atoms. The number of nitrogens with two attached hydrogens (primary N) is 1. The Bertz CT molecular complexity index is 492. The fraction of sp³-hybridized carbons (Fsp3) is 0.500. The van der Waals surface area contributed by atoms with E-state index in [1.54, 1.807) is 12.1 Å². The summed E-state index contributed by atoms with van der Waals surface area (Å²) in [4.78, 5) is 11.9. The molecule has 1 aliphatic rings. The number of ether oxygens (including phenoxy) is 2. The molecule has 0 unspecified atom stereocenters. The van der Waals surface area contributed by atoms with Gasteiger partial charge in [0.25, 0.3) is 0 Å².